The first-order valence-electron chi connectivity index (χ1n) is 9.47. The molecule has 2 rings (SSSR count). The van der Waals surface area contributed by atoms with Crippen LogP contribution in [-0.4, -0.2) is 52.8 Å². The summed E-state index contributed by atoms with van der Waals surface area (Å²) in [5.41, 5.74) is 0.729. The number of ether oxygens (including phenoxy) is 2. The second kappa shape index (κ2) is 10.8. The van der Waals surface area contributed by atoms with Crippen molar-refractivity contribution in [3.8, 4) is 11.5 Å². The summed E-state index contributed by atoms with van der Waals surface area (Å²) in [6.45, 7) is 4.81. The molecule has 0 fully saturated rings. The summed E-state index contributed by atoms with van der Waals surface area (Å²) < 4.78 is 40.5. The first-order chi connectivity index (χ1) is 14.2. The number of hydrogen-bond acceptors (Lipinski definition) is 6. The lowest BCUT2D eigenvalue weighted by molar-refractivity contribution is 0.145. The Bertz CT molecular complexity index is 929. The number of carbonyl (C=O) groups excluding carboxylic acids is 1. The minimum absolute atomic E-state index is 0.00754. The van der Waals surface area contributed by atoms with Crippen molar-refractivity contribution >= 4 is 16.1 Å². The van der Waals surface area contributed by atoms with Crippen LogP contribution >= 0.6 is 0 Å². The van der Waals surface area contributed by atoms with Gasteiger partial charge in [0.25, 0.3) is 0 Å². The van der Waals surface area contributed by atoms with Crippen molar-refractivity contribution in [2.45, 2.75) is 31.3 Å². The Kier molecular flexibility index (Phi) is 8.49. The van der Waals surface area contributed by atoms with E-state index in [1.54, 1.807) is 48.4 Å². The number of nitrogens with one attached hydrogen (secondary N) is 1. The first kappa shape index (κ1) is 23.5. The predicted molar refractivity (Wildman–Crippen MR) is 113 cm³/mol. The third kappa shape index (κ3) is 6.93. The van der Waals surface area contributed by atoms with Crippen LogP contribution < -0.4 is 14.2 Å². The molecule has 0 aliphatic carbocycles. The van der Waals surface area contributed by atoms with Crippen LogP contribution in [0.2, 0.25) is 0 Å². The van der Waals surface area contributed by atoms with E-state index in [-0.39, 0.29) is 29.3 Å². The minimum atomic E-state index is -4.00. The molecule has 2 aromatic rings. The van der Waals surface area contributed by atoms with Gasteiger partial charge in [-0.05, 0) is 55.8 Å². The van der Waals surface area contributed by atoms with E-state index in [9.17, 15) is 13.2 Å². The third-order valence-electron chi connectivity index (χ3n) is 4.09. The fourth-order valence-corrected chi connectivity index (χ4v) is 3.55. The van der Waals surface area contributed by atoms with Gasteiger partial charge in [-0.25, -0.2) is 4.79 Å². The maximum absolute atomic E-state index is 12.6. The molecule has 0 bridgehead atoms. The standard InChI is InChI=1S/C21H28N2O6S/c1-16(2)22-21(24)23(12-13-27-3)15-17-6-5-7-19(14-17)29-30(25,26)20-10-8-18(28-4)9-11-20/h5-11,14,16H,12-13,15H2,1-4H3,(H,22,24). The Balaban J connectivity index is 2.15. The second-order valence-corrected chi connectivity index (χ2v) is 8.43. The van der Waals surface area contributed by atoms with Gasteiger partial charge in [-0.3, -0.25) is 0 Å². The van der Waals surface area contributed by atoms with E-state index in [0.29, 0.717) is 18.9 Å². The number of amides is 2. The Labute approximate surface area is 177 Å². The number of hydrogen-bond donors (Lipinski definition) is 1. The zero-order chi connectivity index (χ0) is 22.1. The van der Waals surface area contributed by atoms with Crippen LogP contribution in [0.3, 0.4) is 0 Å². The van der Waals surface area contributed by atoms with Gasteiger partial charge in [-0.2, -0.15) is 8.42 Å². The lowest BCUT2D eigenvalue weighted by Crippen LogP contribution is -2.43. The molecule has 0 unspecified atom stereocenters. The summed E-state index contributed by atoms with van der Waals surface area (Å²) in [6, 6.07) is 12.3. The van der Waals surface area contributed by atoms with Gasteiger partial charge < -0.3 is 23.9 Å². The first-order valence-corrected chi connectivity index (χ1v) is 10.9. The molecule has 164 valence electrons. The average Bonchev–Trinajstić information content (AvgIpc) is 2.70. The SMILES string of the molecule is COCCN(Cc1cccc(OS(=O)(=O)c2ccc(OC)cc2)c1)C(=O)NC(C)C. The zero-order valence-corrected chi connectivity index (χ0v) is 18.4. The molecular formula is C21H28N2O6S. The molecule has 30 heavy (non-hydrogen) atoms. The number of benzene rings is 2. The Morgan fingerprint density at radius 1 is 1.07 bits per heavy atom. The smallest absolute Gasteiger partial charge is 0.339 e. The minimum Gasteiger partial charge on any atom is -0.497 e. The van der Waals surface area contributed by atoms with Crippen LogP contribution in [0.1, 0.15) is 19.4 Å². The number of carbonyl (C=O) groups is 1. The number of methoxy groups -OCH3 is 2. The van der Waals surface area contributed by atoms with Gasteiger partial charge in [0.2, 0.25) is 0 Å². The van der Waals surface area contributed by atoms with Crippen molar-refractivity contribution in [1.29, 1.82) is 0 Å². The lowest BCUT2D eigenvalue weighted by Gasteiger charge is -2.24. The molecular weight excluding hydrogens is 408 g/mol. The molecule has 0 radical (unpaired) electrons. The van der Waals surface area contributed by atoms with Crippen molar-refractivity contribution < 1.29 is 26.9 Å². The van der Waals surface area contributed by atoms with Crippen molar-refractivity contribution in [2.24, 2.45) is 0 Å². The lowest BCUT2D eigenvalue weighted by atomic mass is 10.2. The van der Waals surface area contributed by atoms with Crippen molar-refractivity contribution in [3.63, 3.8) is 0 Å². The summed E-state index contributed by atoms with van der Waals surface area (Å²) >= 11 is 0. The molecule has 0 aliphatic rings. The van der Waals surface area contributed by atoms with E-state index in [1.807, 2.05) is 13.8 Å². The van der Waals surface area contributed by atoms with E-state index in [1.165, 1.54) is 19.2 Å². The van der Waals surface area contributed by atoms with Crippen LogP contribution in [0, 0.1) is 0 Å². The van der Waals surface area contributed by atoms with Crippen molar-refractivity contribution in [2.75, 3.05) is 27.4 Å². The Morgan fingerprint density at radius 3 is 2.37 bits per heavy atom. The van der Waals surface area contributed by atoms with Gasteiger partial charge in [0.05, 0.1) is 13.7 Å². The summed E-state index contributed by atoms with van der Waals surface area (Å²) in [5.74, 6) is 0.714. The van der Waals surface area contributed by atoms with Gasteiger partial charge >= 0.3 is 16.1 Å². The molecule has 2 aromatic carbocycles. The van der Waals surface area contributed by atoms with Crippen LogP contribution in [0.25, 0.3) is 0 Å². The highest BCUT2D eigenvalue weighted by Gasteiger charge is 2.18. The molecule has 0 atom stereocenters. The molecule has 9 heteroatoms. The molecule has 0 saturated heterocycles. The normalized spacial score (nSPS) is 11.2. The Morgan fingerprint density at radius 2 is 1.77 bits per heavy atom. The van der Waals surface area contributed by atoms with Gasteiger partial charge in [0.15, 0.2) is 0 Å². The summed E-state index contributed by atoms with van der Waals surface area (Å²) in [4.78, 5) is 14.1. The third-order valence-corrected chi connectivity index (χ3v) is 5.35. The predicted octanol–water partition coefficient (Wildman–Crippen LogP) is 3.03. The monoisotopic (exact) mass is 436 g/mol. The van der Waals surface area contributed by atoms with Crippen LogP contribution in [0.4, 0.5) is 4.79 Å². The average molecular weight is 437 g/mol. The molecule has 8 nitrogen and oxygen atoms in total. The van der Waals surface area contributed by atoms with Gasteiger partial charge in [0.1, 0.15) is 16.4 Å². The van der Waals surface area contributed by atoms with Gasteiger partial charge in [0, 0.05) is 26.2 Å². The van der Waals surface area contributed by atoms with E-state index in [0.717, 1.165) is 5.56 Å². The van der Waals surface area contributed by atoms with Crippen molar-refractivity contribution in [1.82, 2.24) is 10.2 Å². The highest BCUT2D eigenvalue weighted by Crippen LogP contribution is 2.22. The topological polar surface area (TPSA) is 94.2 Å². The van der Waals surface area contributed by atoms with Crippen LogP contribution in [0.15, 0.2) is 53.4 Å². The zero-order valence-electron chi connectivity index (χ0n) is 17.6. The molecule has 0 heterocycles. The second-order valence-electron chi connectivity index (χ2n) is 6.88. The summed E-state index contributed by atoms with van der Waals surface area (Å²) in [6.07, 6.45) is 0. The molecule has 1 N–H and O–H groups in total. The molecule has 0 aromatic heterocycles. The maximum atomic E-state index is 12.6. The quantitative estimate of drug-likeness (QED) is 0.576. The largest absolute Gasteiger partial charge is 0.497 e. The van der Waals surface area contributed by atoms with Crippen LogP contribution in [-0.2, 0) is 21.4 Å². The summed E-state index contributed by atoms with van der Waals surface area (Å²) in [7, 11) is -0.929. The number of rotatable bonds is 10. The number of urea groups is 1. The fourth-order valence-electron chi connectivity index (χ4n) is 2.63. The molecule has 0 saturated carbocycles. The molecule has 2 amide bonds. The van der Waals surface area contributed by atoms with Crippen LogP contribution in [0.5, 0.6) is 11.5 Å². The maximum Gasteiger partial charge on any atom is 0.339 e. The molecule has 0 spiro atoms. The van der Waals surface area contributed by atoms with E-state index in [2.05, 4.69) is 5.32 Å². The van der Waals surface area contributed by atoms with E-state index in [4.69, 9.17) is 13.7 Å². The van der Waals surface area contributed by atoms with Crippen molar-refractivity contribution in [3.05, 3.63) is 54.1 Å². The Hall–Kier alpha value is -2.78. The van der Waals surface area contributed by atoms with E-state index >= 15 is 0 Å². The van der Waals surface area contributed by atoms with Gasteiger partial charge in [-0.15, -0.1) is 0 Å². The highest BCUT2D eigenvalue weighted by atomic mass is 32.2. The highest BCUT2D eigenvalue weighted by molar-refractivity contribution is 7.87. The number of nitrogens with zero attached hydrogens (tertiary/aromatic N) is 1. The fraction of sp³-hybridized carbons (Fsp3) is 0.381. The van der Waals surface area contributed by atoms with E-state index < -0.39 is 10.1 Å². The molecule has 0 aliphatic heterocycles. The summed E-state index contributed by atoms with van der Waals surface area (Å²) in [5, 5.41) is 2.85. The van der Waals surface area contributed by atoms with Gasteiger partial charge in [-0.1, -0.05) is 12.1 Å².